The van der Waals surface area contributed by atoms with Crippen LogP contribution in [0.5, 0.6) is 0 Å². The van der Waals surface area contributed by atoms with Gasteiger partial charge in [-0.25, -0.2) is 0 Å². The van der Waals surface area contributed by atoms with Gasteiger partial charge in [0.25, 0.3) is 0 Å². The molecule has 0 spiro atoms. The van der Waals surface area contributed by atoms with Gasteiger partial charge in [-0.05, 0) is 39.5 Å². The van der Waals surface area contributed by atoms with Crippen LogP contribution in [0.2, 0.25) is 0 Å². The predicted octanol–water partition coefficient (Wildman–Crippen LogP) is -0.569. The minimum absolute atomic E-state index is 0.637. The van der Waals surface area contributed by atoms with Gasteiger partial charge in [-0.2, -0.15) is 0 Å². The van der Waals surface area contributed by atoms with Crippen molar-refractivity contribution in [2.75, 3.05) is 59.9 Å². The van der Waals surface area contributed by atoms with Crippen LogP contribution in [0.4, 0.5) is 0 Å². The number of nitrogens with one attached hydrogen (secondary N) is 2. The Morgan fingerprint density at radius 1 is 1.12 bits per heavy atom. The maximum Gasteiger partial charge on any atom is 0.0320 e. The Kier molecular flexibility index (Phi) is 4.58. The lowest BCUT2D eigenvalue weighted by Gasteiger charge is -2.31. The first-order chi connectivity index (χ1) is 7.74. The van der Waals surface area contributed by atoms with Crippen LogP contribution in [0.3, 0.4) is 0 Å². The first kappa shape index (κ1) is 12.3. The van der Waals surface area contributed by atoms with Gasteiger partial charge >= 0.3 is 0 Å². The standard InChI is InChI=1S/C12H26N4/c1-15-5-3-11(9-15)7-13-8-12-10-16(2)6-4-14-12/h11-14H,3-10H2,1-2H3. The molecule has 0 aliphatic carbocycles. The molecule has 2 heterocycles. The Hall–Kier alpha value is -0.160. The SMILES string of the molecule is CN1CCC(CNCC2CN(C)CCN2)C1. The van der Waals surface area contributed by atoms with E-state index in [4.69, 9.17) is 0 Å². The van der Waals surface area contributed by atoms with Crippen LogP contribution in [0.15, 0.2) is 0 Å². The highest BCUT2D eigenvalue weighted by atomic mass is 15.2. The molecule has 0 aromatic rings. The highest BCUT2D eigenvalue weighted by Gasteiger charge is 2.20. The number of rotatable bonds is 4. The van der Waals surface area contributed by atoms with E-state index in [2.05, 4.69) is 34.5 Å². The number of likely N-dealkylation sites (N-methyl/N-ethyl adjacent to an activating group) is 1. The molecule has 0 radical (unpaired) electrons. The van der Waals surface area contributed by atoms with Crippen molar-refractivity contribution in [3.8, 4) is 0 Å². The Balaban J connectivity index is 1.57. The van der Waals surface area contributed by atoms with E-state index in [1.165, 1.54) is 39.1 Å². The number of piperazine rings is 1. The van der Waals surface area contributed by atoms with E-state index in [-0.39, 0.29) is 0 Å². The molecule has 2 unspecified atom stereocenters. The van der Waals surface area contributed by atoms with E-state index in [9.17, 15) is 0 Å². The largest absolute Gasteiger partial charge is 0.315 e. The molecular formula is C12H26N4. The molecular weight excluding hydrogens is 200 g/mol. The van der Waals surface area contributed by atoms with Gasteiger partial charge in [-0.3, -0.25) is 0 Å². The molecule has 2 N–H and O–H groups in total. The molecule has 4 heteroatoms. The minimum atomic E-state index is 0.637. The van der Waals surface area contributed by atoms with E-state index in [1.807, 2.05) is 0 Å². The van der Waals surface area contributed by atoms with E-state index in [0.717, 1.165) is 19.0 Å². The fraction of sp³-hybridized carbons (Fsp3) is 1.00. The van der Waals surface area contributed by atoms with E-state index in [0.29, 0.717) is 6.04 Å². The Morgan fingerprint density at radius 3 is 2.62 bits per heavy atom. The normalized spacial score (nSPS) is 33.4. The highest BCUT2D eigenvalue weighted by Crippen LogP contribution is 2.12. The molecule has 0 aromatic heterocycles. The topological polar surface area (TPSA) is 30.5 Å². The van der Waals surface area contributed by atoms with Crippen LogP contribution in [0.25, 0.3) is 0 Å². The monoisotopic (exact) mass is 226 g/mol. The lowest BCUT2D eigenvalue weighted by Crippen LogP contribution is -2.53. The number of hydrogen-bond acceptors (Lipinski definition) is 4. The zero-order chi connectivity index (χ0) is 11.4. The molecule has 0 amide bonds. The Morgan fingerprint density at radius 2 is 1.94 bits per heavy atom. The maximum atomic E-state index is 3.62. The second-order valence-corrected chi connectivity index (χ2v) is 5.49. The third-order valence-electron chi connectivity index (χ3n) is 3.77. The third-order valence-corrected chi connectivity index (χ3v) is 3.77. The average molecular weight is 226 g/mol. The molecule has 2 atom stereocenters. The molecule has 2 fully saturated rings. The fourth-order valence-electron chi connectivity index (χ4n) is 2.78. The van der Waals surface area contributed by atoms with Gasteiger partial charge < -0.3 is 20.4 Å². The molecule has 2 aliphatic heterocycles. The molecule has 2 aliphatic rings. The number of nitrogens with zero attached hydrogens (tertiary/aromatic N) is 2. The van der Waals surface area contributed by atoms with Crippen molar-refractivity contribution in [1.82, 2.24) is 20.4 Å². The third kappa shape index (κ3) is 3.70. The van der Waals surface area contributed by atoms with Crippen LogP contribution in [-0.4, -0.2) is 75.8 Å². The summed E-state index contributed by atoms with van der Waals surface area (Å²) in [5.74, 6) is 0.867. The van der Waals surface area contributed by atoms with Crippen LogP contribution in [-0.2, 0) is 0 Å². The quantitative estimate of drug-likeness (QED) is 0.672. The summed E-state index contributed by atoms with van der Waals surface area (Å²) < 4.78 is 0. The fourth-order valence-corrected chi connectivity index (χ4v) is 2.78. The smallest absolute Gasteiger partial charge is 0.0320 e. The van der Waals surface area contributed by atoms with Crippen molar-refractivity contribution >= 4 is 0 Å². The molecule has 94 valence electrons. The zero-order valence-electron chi connectivity index (χ0n) is 10.7. The summed E-state index contributed by atoms with van der Waals surface area (Å²) in [7, 11) is 4.43. The summed E-state index contributed by atoms with van der Waals surface area (Å²) in [4.78, 5) is 4.84. The van der Waals surface area contributed by atoms with Crippen LogP contribution in [0, 0.1) is 5.92 Å². The van der Waals surface area contributed by atoms with Crippen molar-refractivity contribution in [1.29, 1.82) is 0 Å². The summed E-state index contributed by atoms with van der Waals surface area (Å²) in [6.45, 7) is 8.34. The van der Waals surface area contributed by atoms with Crippen LogP contribution < -0.4 is 10.6 Å². The Labute approximate surface area is 99.4 Å². The van der Waals surface area contributed by atoms with E-state index in [1.54, 1.807) is 0 Å². The Bertz CT molecular complexity index is 209. The summed E-state index contributed by atoms with van der Waals surface area (Å²) >= 11 is 0. The van der Waals surface area contributed by atoms with Crippen molar-refractivity contribution in [3.05, 3.63) is 0 Å². The van der Waals surface area contributed by atoms with Gasteiger partial charge in [-0.1, -0.05) is 0 Å². The summed E-state index contributed by atoms with van der Waals surface area (Å²) in [6.07, 6.45) is 1.36. The molecule has 0 saturated carbocycles. The number of likely N-dealkylation sites (tertiary alicyclic amines) is 1. The summed E-state index contributed by atoms with van der Waals surface area (Å²) in [5, 5.41) is 7.19. The van der Waals surface area contributed by atoms with Crippen molar-refractivity contribution in [2.24, 2.45) is 5.92 Å². The van der Waals surface area contributed by atoms with Crippen molar-refractivity contribution < 1.29 is 0 Å². The van der Waals surface area contributed by atoms with Gasteiger partial charge in [0.15, 0.2) is 0 Å². The minimum Gasteiger partial charge on any atom is -0.315 e. The van der Waals surface area contributed by atoms with Gasteiger partial charge in [0, 0.05) is 38.8 Å². The summed E-state index contributed by atoms with van der Waals surface area (Å²) in [5.41, 5.74) is 0. The van der Waals surface area contributed by atoms with E-state index >= 15 is 0 Å². The van der Waals surface area contributed by atoms with Gasteiger partial charge in [0.05, 0.1) is 0 Å². The lowest BCUT2D eigenvalue weighted by atomic mass is 10.1. The lowest BCUT2D eigenvalue weighted by molar-refractivity contribution is 0.233. The van der Waals surface area contributed by atoms with Gasteiger partial charge in [0.1, 0.15) is 0 Å². The average Bonchev–Trinajstić information content (AvgIpc) is 2.64. The van der Waals surface area contributed by atoms with Crippen LogP contribution >= 0.6 is 0 Å². The van der Waals surface area contributed by atoms with Crippen LogP contribution in [0.1, 0.15) is 6.42 Å². The van der Waals surface area contributed by atoms with E-state index < -0.39 is 0 Å². The second kappa shape index (κ2) is 5.96. The number of hydrogen-bond donors (Lipinski definition) is 2. The second-order valence-electron chi connectivity index (χ2n) is 5.49. The van der Waals surface area contributed by atoms with Crippen molar-refractivity contribution in [3.63, 3.8) is 0 Å². The molecule has 0 aromatic carbocycles. The molecule has 16 heavy (non-hydrogen) atoms. The molecule has 2 rings (SSSR count). The van der Waals surface area contributed by atoms with Gasteiger partial charge in [0.2, 0.25) is 0 Å². The maximum absolute atomic E-state index is 3.62. The van der Waals surface area contributed by atoms with Gasteiger partial charge in [-0.15, -0.1) is 0 Å². The first-order valence-corrected chi connectivity index (χ1v) is 6.55. The highest BCUT2D eigenvalue weighted by molar-refractivity contribution is 4.80. The zero-order valence-corrected chi connectivity index (χ0v) is 10.7. The first-order valence-electron chi connectivity index (χ1n) is 6.55. The summed E-state index contributed by atoms with van der Waals surface area (Å²) in [6, 6.07) is 0.637. The van der Waals surface area contributed by atoms with Crippen molar-refractivity contribution in [2.45, 2.75) is 12.5 Å². The predicted molar refractivity (Wildman–Crippen MR) is 67.8 cm³/mol. The molecule has 2 saturated heterocycles. The molecule has 4 nitrogen and oxygen atoms in total. The molecule has 0 bridgehead atoms.